The summed E-state index contributed by atoms with van der Waals surface area (Å²) in [7, 11) is 0. The maximum absolute atomic E-state index is 12.4. The van der Waals surface area contributed by atoms with Gasteiger partial charge < -0.3 is 20.1 Å². The molecule has 7 nitrogen and oxygen atoms in total. The number of carbonyl (C=O) groups excluding carboxylic acids is 2. The number of carbonyl (C=O) groups is 3. The lowest BCUT2D eigenvalue weighted by atomic mass is 10.0. The number of ether oxygens (including phenoxy) is 1. The maximum atomic E-state index is 12.4. The van der Waals surface area contributed by atoms with Crippen molar-refractivity contribution in [2.45, 2.75) is 26.7 Å². The molecule has 0 radical (unpaired) electrons. The minimum atomic E-state index is -0.934. The van der Waals surface area contributed by atoms with Gasteiger partial charge in [-0.2, -0.15) is 0 Å². The van der Waals surface area contributed by atoms with Crippen LogP contribution in [0.25, 0.3) is 11.6 Å². The SMILES string of the molecule is CCOC(=O)c1[nH]c(/C=C2\C(=O)Nc3ccccc32)c(CCC(=O)O)c1C. The summed E-state index contributed by atoms with van der Waals surface area (Å²) in [5.41, 5.74) is 4.07. The third-order valence-electron chi connectivity index (χ3n) is 4.48. The molecule has 0 saturated heterocycles. The predicted octanol–water partition coefficient (Wildman–Crippen LogP) is 3.01. The molecule has 2 aromatic rings. The number of esters is 1. The molecule has 1 aromatic heterocycles. The number of hydrogen-bond acceptors (Lipinski definition) is 4. The van der Waals surface area contributed by atoms with Gasteiger partial charge in [0.1, 0.15) is 5.69 Å². The van der Waals surface area contributed by atoms with Crippen molar-refractivity contribution < 1.29 is 24.2 Å². The third-order valence-corrected chi connectivity index (χ3v) is 4.48. The third kappa shape index (κ3) is 3.62. The zero-order chi connectivity index (χ0) is 19.6. The number of rotatable bonds is 6. The molecule has 7 heteroatoms. The van der Waals surface area contributed by atoms with Crippen LogP contribution in [0.1, 0.15) is 46.2 Å². The van der Waals surface area contributed by atoms with Gasteiger partial charge >= 0.3 is 11.9 Å². The first-order valence-corrected chi connectivity index (χ1v) is 8.65. The van der Waals surface area contributed by atoms with Gasteiger partial charge in [0, 0.05) is 23.4 Å². The molecular formula is C20H20N2O5. The number of nitrogens with one attached hydrogen (secondary N) is 2. The zero-order valence-corrected chi connectivity index (χ0v) is 15.1. The Hall–Kier alpha value is -3.35. The van der Waals surface area contributed by atoms with Crippen molar-refractivity contribution >= 4 is 35.2 Å². The first-order chi connectivity index (χ1) is 12.9. The fraction of sp³-hybridized carbons (Fsp3) is 0.250. The number of anilines is 1. The van der Waals surface area contributed by atoms with Gasteiger partial charge in [-0.3, -0.25) is 9.59 Å². The Labute approximate surface area is 156 Å². The Morgan fingerprint density at radius 2 is 2.00 bits per heavy atom. The van der Waals surface area contributed by atoms with Gasteiger partial charge in [0.05, 0.1) is 12.2 Å². The van der Waals surface area contributed by atoms with Crippen LogP contribution in [0.15, 0.2) is 24.3 Å². The van der Waals surface area contributed by atoms with Crippen LogP contribution in [-0.2, 0) is 20.7 Å². The first-order valence-electron chi connectivity index (χ1n) is 8.65. The highest BCUT2D eigenvalue weighted by Gasteiger charge is 2.26. The minimum Gasteiger partial charge on any atom is -0.481 e. The molecule has 0 bridgehead atoms. The van der Waals surface area contributed by atoms with Crippen LogP contribution in [-0.4, -0.2) is 34.5 Å². The maximum Gasteiger partial charge on any atom is 0.355 e. The summed E-state index contributed by atoms with van der Waals surface area (Å²) in [4.78, 5) is 38.6. The second-order valence-electron chi connectivity index (χ2n) is 6.19. The Bertz CT molecular complexity index is 955. The first kappa shape index (κ1) is 18.4. The van der Waals surface area contributed by atoms with E-state index in [9.17, 15) is 14.4 Å². The van der Waals surface area contributed by atoms with E-state index in [1.54, 1.807) is 19.9 Å². The van der Waals surface area contributed by atoms with Crippen LogP contribution in [0.4, 0.5) is 5.69 Å². The lowest BCUT2D eigenvalue weighted by Crippen LogP contribution is -2.07. The van der Waals surface area contributed by atoms with E-state index >= 15 is 0 Å². The molecule has 27 heavy (non-hydrogen) atoms. The Morgan fingerprint density at radius 3 is 2.70 bits per heavy atom. The highest BCUT2D eigenvalue weighted by Crippen LogP contribution is 2.34. The molecule has 1 aromatic carbocycles. The molecule has 0 unspecified atom stereocenters. The van der Waals surface area contributed by atoms with Crippen molar-refractivity contribution in [2.24, 2.45) is 0 Å². The normalized spacial score (nSPS) is 14.1. The number of benzene rings is 1. The number of hydrogen-bond donors (Lipinski definition) is 3. The lowest BCUT2D eigenvalue weighted by molar-refractivity contribution is -0.137. The fourth-order valence-electron chi connectivity index (χ4n) is 3.17. The summed E-state index contributed by atoms with van der Waals surface area (Å²) in [5, 5.41) is 11.8. The molecule has 1 aliphatic rings. The van der Waals surface area contributed by atoms with Crippen molar-refractivity contribution in [3.63, 3.8) is 0 Å². The van der Waals surface area contributed by atoms with Crippen LogP contribution < -0.4 is 5.32 Å². The molecule has 2 heterocycles. The molecular weight excluding hydrogens is 348 g/mol. The van der Waals surface area contributed by atoms with Gasteiger partial charge in [0.2, 0.25) is 0 Å². The van der Waals surface area contributed by atoms with E-state index in [1.165, 1.54) is 0 Å². The second kappa shape index (κ2) is 7.49. The Kier molecular flexibility index (Phi) is 5.12. The molecule has 3 N–H and O–H groups in total. The number of aromatic amines is 1. The van der Waals surface area contributed by atoms with Crippen LogP contribution in [0, 0.1) is 6.92 Å². The van der Waals surface area contributed by atoms with Crippen molar-refractivity contribution in [2.75, 3.05) is 11.9 Å². The van der Waals surface area contributed by atoms with Crippen molar-refractivity contribution in [1.29, 1.82) is 0 Å². The van der Waals surface area contributed by atoms with Crippen LogP contribution in [0.3, 0.4) is 0 Å². The number of aromatic nitrogens is 1. The smallest absolute Gasteiger partial charge is 0.355 e. The van der Waals surface area contributed by atoms with E-state index < -0.39 is 11.9 Å². The van der Waals surface area contributed by atoms with Crippen LogP contribution in [0.5, 0.6) is 0 Å². The summed E-state index contributed by atoms with van der Waals surface area (Å²) in [5.74, 6) is -1.69. The van der Waals surface area contributed by atoms with Crippen molar-refractivity contribution in [1.82, 2.24) is 4.98 Å². The topological polar surface area (TPSA) is 108 Å². The average molecular weight is 368 g/mol. The average Bonchev–Trinajstić information content (AvgIpc) is 3.11. The quantitative estimate of drug-likeness (QED) is 0.536. The lowest BCUT2D eigenvalue weighted by Gasteiger charge is -2.02. The highest BCUT2D eigenvalue weighted by molar-refractivity contribution is 6.34. The Morgan fingerprint density at radius 1 is 1.26 bits per heavy atom. The number of H-pyrrole nitrogens is 1. The molecule has 3 rings (SSSR count). The van der Waals surface area contributed by atoms with Gasteiger partial charge in [-0.05, 0) is 43.5 Å². The molecule has 0 saturated carbocycles. The van der Waals surface area contributed by atoms with Gasteiger partial charge in [-0.25, -0.2) is 4.79 Å². The van der Waals surface area contributed by atoms with Crippen molar-refractivity contribution in [3.8, 4) is 0 Å². The number of para-hydroxylation sites is 1. The summed E-state index contributed by atoms with van der Waals surface area (Å²) < 4.78 is 5.06. The largest absolute Gasteiger partial charge is 0.481 e. The Balaban J connectivity index is 2.08. The molecule has 1 amide bonds. The van der Waals surface area contributed by atoms with E-state index in [4.69, 9.17) is 9.84 Å². The minimum absolute atomic E-state index is 0.0834. The van der Waals surface area contributed by atoms with Gasteiger partial charge in [-0.1, -0.05) is 18.2 Å². The number of fused-ring (bicyclic) bond motifs is 1. The number of amides is 1. The fourth-order valence-corrected chi connectivity index (χ4v) is 3.17. The molecule has 0 aliphatic carbocycles. The zero-order valence-electron chi connectivity index (χ0n) is 15.1. The summed E-state index contributed by atoms with van der Waals surface area (Å²) in [6.45, 7) is 3.68. The van der Waals surface area contributed by atoms with Crippen molar-refractivity contribution in [3.05, 3.63) is 52.3 Å². The number of aliphatic carboxylic acids is 1. The van der Waals surface area contributed by atoms with Gasteiger partial charge in [0.15, 0.2) is 0 Å². The van der Waals surface area contributed by atoms with E-state index in [0.717, 1.165) is 11.3 Å². The number of carboxylic acid groups (broad SMARTS) is 1. The molecule has 1 aliphatic heterocycles. The molecule has 140 valence electrons. The molecule has 0 fully saturated rings. The van der Waals surface area contributed by atoms with E-state index in [1.807, 2.05) is 24.3 Å². The molecule has 0 spiro atoms. The second-order valence-corrected chi connectivity index (χ2v) is 6.19. The van der Waals surface area contributed by atoms with E-state index in [0.29, 0.717) is 22.4 Å². The summed E-state index contributed by atoms with van der Waals surface area (Å²) >= 11 is 0. The highest BCUT2D eigenvalue weighted by atomic mass is 16.5. The summed E-state index contributed by atoms with van der Waals surface area (Å²) in [6, 6.07) is 7.31. The van der Waals surface area contributed by atoms with E-state index in [2.05, 4.69) is 10.3 Å². The van der Waals surface area contributed by atoms with Gasteiger partial charge in [-0.15, -0.1) is 0 Å². The van der Waals surface area contributed by atoms with Crippen LogP contribution >= 0.6 is 0 Å². The molecule has 0 atom stereocenters. The van der Waals surface area contributed by atoms with E-state index in [-0.39, 0.29) is 31.0 Å². The predicted molar refractivity (Wildman–Crippen MR) is 100 cm³/mol. The number of carboxylic acids is 1. The standard InChI is InChI=1S/C20H20N2O5/c1-3-27-20(26)18-11(2)12(8-9-17(23)24)16(21-18)10-14-13-6-4-5-7-15(13)22-19(14)25/h4-7,10,21H,3,8-9H2,1-2H3,(H,22,25)(H,23,24)/b14-10-. The summed E-state index contributed by atoms with van der Waals surface area (Å²) in [6.07, 6.45) is 1.81. The van der Waals surface area contributed by atoms with Gasteiger partial charge in [0.25, 0.3) is 5.91 Å². The monoisotopic (exact) mass is 368 g/mol. The van der Waals surface area contributed by atoms with Crippen LogP contribution in [0.2, 0.25) is 0 Å².